The summed E-state index contributed by atoms with van der Waals surface area (Å²) in [4.78, 5) is 50.3. The van der Waals surface area contributed by atoms with E-state index < -0.39 is 77.6 Å². The zero-order valence-electron chi connectivity index (χ0n) is 40.0. The number of benzene rings is 1. The summed E-state index contributed by atoms with van der Waals surface area (Å²) in [5.74, 6) is -3.34. The number of rotatable bonds is 13. The third-order valence-electron chi connectivity index (χ3n) is 13.1. The molecule has 2 aromatic rings. The predicted octanol–water partition coefficient (Wildman–Crippen LogP) is 4.49. The molecule has 20 heteroatoms. The molecule has 1 aromatic heterocycles. The number of methoxy groups -OCH3 is 1. The number of aryl methyl sites for hydroxylation is 1. The number of fused-ring (bicyclic) bond motifs is 1. The van der Waals surface area contributed by atoms with Crippen molar-refractivity contribution in [3.8, 4) is 11.3 Å². The first-order chi connectivity index (χ1) is 30.8. The first-order valence-electron chi connectivity index (χ1n) is 22.6. The van der Waals surface area contributed by atoms with Gasteiger partial charge in [0.05, 0.1) is 42.9 Å². The number of aliphatic imine (C=N–C) groups is 1. The Bertz CT molecular complexity index is 1880. The SMILES string of the molecule is CC[C@H]1OC(=O)[C@H](C)C(=O)[C@H](C)[C@@H](O[C@@H]2OC(CN=CN)CC(N(C)C)C2O)[C@](C)(OC)C[C@@H](C)CN[C@H](C)[C@H]2N(CCCCn3cc(-c4cccc(N)c4)nn3)C(=O)O[C@]12C.CSF. The average molecular weight is 936 g/mol. The van der Waals surface area contributed by atoms with E-state index in [0.717, 1.165) is 11.3 Å². The molecule has 65 heavy (non-hydrogen) atoms. The molecule has 18 nitrogen and oxygen atoms in total. The first-order valence-corrected chi connectivity index (χ1v) is 23.7. The minimum atomic E-state index is -1.25. The Morgan fingerprint density at radius 3 is 2.48 bits per heavy atom. The monoisotopic (exact) mass is 936 g/mol. The molecule has 0 spiro atoms. The van der Waals surface area contributed by atoms with Crippen LogP contribution in [-0.2, 0) is 39.8 Å². The van der Waals surface area contributed by atoms with Crippen LogP contribution in [-0.4, -0.2) is 161 Å². The predicted molar refractivity (Wildman–Crippen MR) is 248 cm³/mol. The van der Waals surface area contributed by atoms with Crippen molar-refractivity contribution >= 4 is 42.0 Å². The Morgan fingerprint density at radius 1 is 1.15 bits per heavy atom. The van der Waals surface area contributed by atoms with Crippen molar-refractivity contribution in [2.75, 3.05) is 52.8 Å². The maximum Gasteiger partial charge on any atom is 0.410 e. The molecule has 3 saturated heterocycles. The Kier molecular flexibility index (Phi) is 20.0. The van der Waals surface area contributed by atoms with Gasteiger partial charge in [-0.25, -0.2) is 4.79 Å². The number of anilines is 1. The summed E-state index contributed by atoms with van der Waals surface area (Å²) >= 11 is 0.250. The van der Waals surface area contributed by atoms with E-state index in [1.54, 1.807) is 23.6 Å². The molecule has 1 amide bonds. The molecule has 3 fully saturated rings. The lowest BCUT2D eigenvalue weighted by Crippen LogP contribution is -2.61. The largest absolute Gasteiger partial charge is 0.458 e. The number of likely N-dealkylation sites (N-methyl/N-ethyl adjacent to an activating group) is 1. The Morgan fingerprint density at radius 2 is 1.85 bits per heavy atom. The number of halogens is 1. The molecule has 6 N–H and O–H groups in total. The van der Waals surface area contributed by atoms with Crippen LogP contribution in [0.2, 0.25) is 0 Å². The van der Waals surface area contributed by atoms with Crippen LogP contribution in [0.5, 0.6) is 0 Å². The number of hydrogen-bond donors (Lipinski definition) is 4. The van der Waals surface area contributed by atoms with Crippen LogP contribution < -0.4 is 16.8 Å². The highest BCUT2D eigenvalue weighted by Crippen LogP contribution is 2.40. The molecule has 366 valence electrons. The van der Waals surface area contributed by atoms with Gasteiger partial charge in [0.15, 0.2) is 17.7 Å². The number of nitrogens with zero attached hydrogens (tertiary/aromatic N) is 6. The van der Waals surface area contributed by atoms with Gasteiger partial charge in [0, 0.05) is 67.9 Å². The summed E-state index contributed by atoms with van der Waals surface area (Å²) in [7, 11) is 5.31. The number of hydrogen-bond acceptors (Lipinski definition) is 16. The molecule has 0 bridgehead atoms. The lowest BCUT2D eigenvalue weighted by molar-refractivity contribution is -0.296. The molecule has 4 heterocycles. The lowest BCUT2D eigenvalue weighted by Gasteiger charge is -2.47. The number of unbranched alkanes of at least 4 members (excludes halogenated alkanes) is 1. The van der Waals surface area contributed by atoms with E-state index in [-0.39, 0.29) is 36.7 Å². The second-order valence-corrected chi connectivity index (χ2v) is 18.6. The highest BCUT2D eigenvalue weighted by molar-refractivity contribution is 7.93. The van der Waals surface area contributed by atoms with Crippen molar-refractivity contribution in [3.05, 3.63) is 30.5 Å². The number of nitrogens with one attached hydrogen (secondary N) is 1. The van der Waals surface area contributed by atoms with E-state index in [1.165, 1.54) is 19.5 Å². The maximum atomic E-state index is 14.5. The van der Waals surface area contributed by atoms with Crippen LogP contribution in [0.15, 0.2) is 35.5 Å². The number of carbonyl (C=O) groups is 3. The molecule has 13 atom stereocenters. The summed E-state index contributed by atoms with van der Waals surface area (Å²) < 4.78 is 43.7. The zero-order valence-corrected chi connectivity index (χ0v) is 40.8. The molecule has 1 aromatic carbocycles. The van der Waals surface area contributed by atoms with Crippen molar-refractivity contribution < 1.29 is 47.1 Å². The van der Waals surface area contributed by atoms with Gasteiger partial charge in [-0.2, -0.15) is 3.89 Å². The van der Waals surface area contributed by atoms with Crippen LogP contribution in [0.3, 0.4) is 0 Å². The van der Waals surface area contributed by atoms with Crippen LogP contribution in [0.25, 0.3) is 11.3 Å². The Hall–Kier alpha value is -3.92. The second kappa shape index (κ2) is 24.2. The zero-order chi connectivity index (χ0) is 48.2. The molecular weight excluding hydrogens is 862 g/mol. The summed E-state index contributed by atoms with van der Waals surface area (Å²) in [5, 5.41) is 23.9. The molecule has 0 radical (unpaired) electrons. The van der Waals surface area contributed by atoms with Crippen LogP contribution >= 0.6 is 12.1 Å². The summed E-state index contributed by atoms with van der Waals surface area (Å²) in [5.41, 5.74) is 11.4. The molecule has 3 aliphatic heterocycles. The number of aromatic nitrogens is 3. The Balaban J connectivity index is 0.00000300. The van der Waals surface area contributed by atoms with E-state index in [2.05, 4.69) is 27.5 Å². The number of cyclic esters (lactones) is 1. The van der Waals surface area contributed by atoms with Gasteiger partial charge in [0.1, 0.15) is 23.8 Å². The minimum absolute atomic E-state index is 0.0470. The number of esters is 1. The number of aliphatic hydroxyl groups excluding tert-OH is 1. The van der Waals surface area contributed by atoms with Crippen LogP contribution in [0.4, 0.5) is 14.4 Å². The smallest absolute Gasteiger partial charge is 0.410 e. The number of aliphatic hydroxyl groups is 1. The summed E-state index contributed by atoms with van der Waals surface area (Å²) in [6, 6.07) is 6.29. The molecule has 3 unspecified atom stereocenters. The first kappa shape index (κ1) is 53.7. The van der Waals surface area contributed by atoms with Gasteiger partial charge < -0.3 is 50.5 Å². The van der Waals surface area contributed by atoms with Crippen molar-refractivity contribution in [3.63, 3.8) is 0 Å². The van der Waals surface area contributed by atoms with Gasteiger partial charge in [-0.05, 0) is 98.5 Å². The third kappa shape index (κ3) is 13.2. The maximum absolute atomic E-state index is 14.5. The van der Waals surface area contributed by atoms with Gasteiger partial charge in [-0.1, -0.05) is 38.1 Å². The number of carbonyl (C=O) groups excluding carboxylic acids is 3. The van der Waals surface area contributed by atoms with E-state index in [9.17, 15) is 23.4 Å². The molecule has 3 aliphatic rings. The van der Waals surface area contributed by atoms with Crippen molar-refractivity contribution in [1.82, 2.24) is 30.1 Å². The fraction of sp³-hybridized carbons (Fsp3) is 0.733. The van der Waals surface area contributed by atoms with Gasteiger partial charge in [-0.3, -0.25) is 24.2 Å². The number of nitrogen functional groups attached to an aromatic ring is 1. The minimum Gasteiger partial charge on any atom is -0.458 e. The van der Waals surface area contributed by atoms with E-state index in [1.807, 2.05) is 77.2 Å². The Labute approximate surface area is 388 Å². The quantitative estimate of drug-likeness (QED) is 0.0542. The van der Waals surface area contributed by atoms with Gasteiger partial charge in [0.25, 0.3) is 0 Å². The highest BCUT2D eigenvalue weighted by Gasteiger charge is 2.58. The number of nitrogens with two attached hydrogens (primary N) is 2. The lowest BCUT2D eigenvalue weighted by atomic mass is 9.78. The topological polar surface area (TPSA) is 231 Å². The number of ketones is 1. The van der Waals surface area contributed by atoms with Crippen LogP contribution in [0.1, 0.15) is 80.6 Å². The normalized spacial score (nSPS) is 34.0. The van der Waals surface area contributed by atoms with Gasteiger partial charge in [0.2, 0.25) is 0 Å². The molecule has 0 aliphatic carbocycles. The third-order valence-corrected chi connectivity index (χ3v) is 13.1. The van der Waals surface area contributed by atoms with Crippen molar-refractivity contribution in [2.24, 2.45) is 28.5 Å². The molecular formula is C45H74FN9O9S. The van der Waals surface area contributed by atoms with Gasteiger partial charge >= 0.3 is 12.1 Å². The van der Waals surface area contributed by atoms with Crippen LogP contribution in [0, 0.1) is 17.8 Å². The molecule has 0 saturated carbocycles. The van der Waals surface area contributed by atoms with E-state index in [0.29, 0.717) is 57.4 Å². The fourth-order valence-electron chi connectivity index (χ4n) is 9.64. The second-order valence-electron chi connectivity index (χ2n) is 18.3. The number of ether oxygens (including phenoxy) is 5. The highest BCUT2D eigenvalue weighted by atomic mass is 32.2. The fourth-order valence-corrected chi connectivity index (χ4v) is 9.64. The van der Waals surface area contributed by atoms with Crippen molar-refractivity contribution in [1.29, 1.82) is 0 Å². The molecule has 5 rings (SSSR count). The summed E-state index contributed by atoms with van der Waals surface area (Å²) in [6.45, 7) is 14.6. The van der Waals surface area contributed by atoms with E-state index in [4.69, 9.17) is 35.2 Å². The average Bonchev–Trinajstić information content (AvgIpc) is 3.85. The number of amides is 1. The van der Waals surface area contributed by atoms with Crippen molar-refractivity contribution in [2.45, 2.75) is 147 Å². The standard InChI is InChI=1S/C44H71N9O9.CH3FS/c1-11-35-44(7)38(53(42(57)62-44)18-13-12-17-52-24-33(49-50-52)30-15-14-16-31(46)19-30)29(5)48-22-26(2)21-43(6,58-10)39(27(3)36(54)28(4)40(56)60-35)61-41-37(55)34(51(8)9)20-32(59-41)23-47-25-45;1-3-2/h14-16,19,24-29,32,34-35,37-39,41,48,55H,11-13,17-18,20-23,46H2,1-10H3,(H2,45,47);1H3/t26-,27+,28-,29-,32?,34?,35-,37?,38-,39-,41+,43-,44-;/m1./s1. The van der Waals surface area contributed by atoms with E-state index >= 15 is 0 Å². The number of Topliss-reactive ketones (excluding diaryl/α,β-unsaturated/α-hetero) is 1. The van der Waals surface area contributed by atoms with Gasteiger partial charge in [-0.15, -0.1) is 5.10 Å². The summed E-state index contributed by atoms with van der Waals surface area (Å²) in [6.07, 6.45) is 2.08.